The summed E-state index contributed by atoms with van der Waals surface area (Å²) in [6, 6.07) is 24.1. The van der Waals surface area contributed by atoms with Crippen molar-refractivity contribution in [3.63, 3.8) is 0 Å². The zero-order valence-corrected chi connectivity index (χ0v) is 25.1. The van der Waals surface area contributed by atoms with Crippen LogP contribution in [0.1, 0.15) is 55.9 Å². The van der Waals surface area contributed by atoms with Crippen LogP contribution in [0.3, 0.4) is 0 Å². The van der Waals surface area contributed by atoms with Gasteiger partial charge in [0.05, 0.1) is 12.7 Å². The van der Waals surface area contributed by atoms with Crippen LogP contribution in [-0.4, -0.2) is 54.9 Å². The molecule has 0 fully saturated rings. The fourth-order valence-electron chi connectivity index (χ4n) is 4.83. The SMILES string of the molecule is CC(C)OCCCNC(=O)[C@]1(C/C=C/c2ccccc2)N=C(c2ccc(OCCCO)cc2)O[C@@H]1c1ccccc1N=[N+]=[N-]. The lowest BCUT2D eigenvalue weighted by molar-refractivity contribution is -0.128. The molecule has 1 amide bonds. The van der Waals surface area contributed by atoms with Crippen molar-refractivity contribution < 1.29 is 24.1 Å². The fourth-order valence-corrected chi connectivity index (χ4v) is 4.83. The number of benzene rings is 3. The largest absolute Gasteiger partial charge is 0.494 e. The summed E-state index contributed by atoms with van der Waals surface area (Å²) in [7, 11) is 0. The predicted octanol–water partition coefficient (Wildman–Crippen LogP) is 6.68. The molecule has 2 N–H and O–H groups in total. The number of rotatable bonds is 16. The Morgan fingerprint density at radius 3 is 2.57 bits per heavy atom. The molecule has 0 aliphatic carbocycles. The van der Waals surface area contributed by atoms with Crippen molar-refractivity contribution in [2.24, 2.45) is 10.1 Å². The molecular weight excluding hydrogens is 558 g/mol. The highest BCUT2D eigenvalue weighted by atomic mass is 16.5. The lowest BCUT2D eigenvalue weighted by atomic mass is 9.83. The molecule has 44 heavy (non-hydrogen) atoms. The number of nitrogens with one attached hydrogen (secondary N) is 1. The highest BCUT2D eigenvalue weighted by Crippen LogP contribution is 2.45. The van der Waals surface area contributed by atoms with E-state index in [0.29, 0.717) is 61.1 Å². The number of nitrogens with zero attached hydrogens (tertiary/aromatic N) is 4. The molecule has 1 aliphatic rings. The van der Waals surface area contributed by atoms with E-state index in [1.807, 2.05) is 74.5 Å². The summed E-state index contributed by atoms with van der Waals surface area (Å²) in [6.45, 7) is 5.29. The van der Waals surface area contributed by atoms with Crippen LogP contribution in [-0.2, 0) is 14.3 Å². The first-order valence-electron chi connectivity index (χ1n) is 14.8. The summed E-state index contributed by atoms with van der Waals surface area (Å²) in [5, 5.41) is 16.0. The van der Waals surface area contributed by atoms with E-state index in [9.17, 15) is 10.3 Å². The van der Waals surface area contributed by atoms with Crippen molar-refractivity contribution >= 4 is 23.6 Å². The lowest BCUT2D eigenvalue weighted by Crippen LogP contribution is -2.48. The third-order valence-electron chi connectivity index (χ3n) is 7.00. The second-order valence-corrected chi connectivity index (χ2v) is 10.6. The highest BCUT2D eigenvalue weighted by molar-refractivity contribution is 6.01. The van der Waals surface area contributed by atoms with Crippen LogP contribution in [0.15, 0.2) is 95.0 Å². The number of hydrogen-bond donors (Lipinski definition) is 2. The van der Waals surface area contributed by atoms with E-state index >= 15 is 0 Å². The first-order chi connectivity index (χ1) is 21.5. The van der Waals surface area contributed by atoms with Gasteiger partial charge in [0.15, 0.2) is 11.6 Å². The third kappa shape index (κ3) is 8.48. The average Bonchev–Trinajstić information content (AvgIpc) is 3.42. The molecule has 0 saturated carbocycles. The number of carbonyl (C=O) groups is 1. The van der Waals surface area contributed by atoms with E-state index in [0.717, 1.165) is 5.56 Å². The number of aliphatic imine (C=N–C) groups is 1. The molecular formula is C34H39N5O5. The zero-order chi connectivity index (χ0) is 31.2. The number of azide groups is 1. The molecule has 0 aromatic heterocycles. The molecule has 2 atom stereocenters. The summed E-state index contributed by atoms with van der Waals surface area (Å²) in [6.07, 6.45) is 4.48. The Bertz CT molecular complexity index is 1470. The van der Waals surface area contributed by atoms with Gasteiger partial charge in [-0.2, -0.15) is 0 Å². The molecule has 3 aromatic rings. The summed E-state index contributed by atoms with van der Waals surface area (Å²) >= 11 is 0. The van der Waals surface area contributed by atoms with Gasteiger partial charge in [0.1, 0.15) is 5.75 Å². The van der Waals surface area contributed by atoms with Crippen LogP contribution in [0.2, 0.25) is 0 Å². The second kappa shape index (κ2) is 16.3. The molecule has 1 heterocycles. The van der Waals surface area contributed by atoms with E-state index in [1.54, 1.807) is 30.3 Å². The number of amides is 1. The van der Waals surface area contributed by atoms with Gasteiger partial charge in [-0.1, -0.05) is 71.9 Å². The Kier molecular flexibility index (Phi) is 11.9. The van der Waals surface area contributed by atoms with Crippen LogP contribution in [0, 0.1) is 0 Å². The standard InChI is InChI=1S/C34H39N5O5/c1-25(2)42-23-9-21-36-33(41)34(20-8-13-26-11-4-3-5-12-26)31(29-14-6-7-15-30(29)38-39-35)44-32(37-34)27-16-18-28(19-17-27)43-24-10-22-40/h3-8,11-19,25,31,40H,9-10,20-24H2,1-2H3,(H,36,41)/b13-8+/t31-,34-/m1/s1. The maximum absolute atomic E-state index is 14.2. The van der Waals surface area contributed by atoms with Crippen LogP contribution < -0.4 is 10.1 Å². The Balaban J connectivity index is 1.73. The van der Waals surface area contributed by atoms with Crippen molar-refractivity contribution in [2.75, 3.05) is 26.4 Å². The topological polar surface area (TPSA) is 138 Å². The minimum absolute atomic E-state index is 0.0506. The van der Waals surface area contributed by atoms with E-state index in [-0.39, 0.29) is 25.0 Å². The Morgan fingerprint density at radius 1 is 1.09 bits per heavy atom. The molecule has 0 spiro atoms. The Labute approximate surface area is 258 Å². The summed E-state index contributed by atoms with van der Waals surface area (Å²) in [4.78, 5) is 22.2. The Hall–Kier alpha value is -4.63. The van der Waals surface area contributed by atoms with Gasteiger partial charge in [-0.05, 0) is 55.6 Å². The first kappa shape index (κ1) is 32.3. The molecule has 0 radical (unpaired) electrons. The maximum Gasteiger partial charge on any atom is 0.252 e. The van der Waals surface area contributed by atoms with Gasteiger partial charge in [-0.3, -0.25) is 4.79 Å². The number of ether oxygens (including phenoxy) is 3. The molecule has 3 aromatic carbocycles. The molecule has 1 aliphatic heterocycles. The Morgan fingerprint density at radius 2 is 1.84 bits per heavy atom. The minimum Gasteiger partial charge on any atom is -0.494 e. The second-order valence-electron chi connectivity index (χ2n) is 10.6. The third-order valence-corrected chi connectivity index (χ3v) is 7.00. The molecule has 4 rings (SSSR count). The minimum atomic E-state index is -1.41. The summed E-state index contributed by atoms with van der Waals surface area (Å²) in [5.41, 5.74) is 10.5. The van der Waals surface area contributed by atoms with Crippen LogP contribution in [0.5, 0.6) is 5.75 Å². The smallest absolute Gasteiger partial charge is 0.252 e. The van der Waals surface area contributed by atoms with Gasteiger partial charge >= 0.3 is 0 Å². The first-order valence-corrected chi connectivity index (χ1v) is 14.8. The monoisotopic (exact) mass is 597 g/mol. The van der Waals surface area contributed by atoms with E-state index in [1.165, 1.54) is 0 Å². The number of aliphatic hydroxyl groups is 1. The predicted molar refractivity (Wildman–Crippen MR) is 171 cm³/mol. The average molecular weight is 598 g/mol. The quantitative estimate of drug-likeness (QED) is 0.0821. The highest BCUT2D eigenvalue weighted by Gasteiger charge is 2.53. The van der Waals surface area contributed by atoms with Crippen molar-refractivity contribution in [3.8, 4) is 5.75 Å². The molecule has 0 unspecified atom stereocenters. The van der Waals surface area contributed by atoms with Gasteiger partial charge in [0, 0.05) is 54.3 Å². The van der Waals surface area contributed by atoms with Gasteiger partial charge in [-0.25, -0.2) is 4.99 Å². The number of carbonyl (C=O) groups excluding carboxylic acids is 1. The van der Waals surface area contributed by atoms with E-state index < -0.39 is 11.6 Å². The summed E-state index contributed by atoms with van der Waals surface area (Å²) < 4.78 is 17.9. The normalized spacial score (nSPS) is 17.6. The van der Waals surface area contributed by atoms with Gasteiger partial charge in [-0.15, -0.1) is 0 Å². The fraction of sp³-hybridized carbons (Fsp3) is 0.353. The maximum atomic E-state index is 14.2. The van der Waals surface area contributed by atoms with Crippen LogP contribution in [0.25, 0.3) is 16.5 Å². The molecule has 10 heteroatoms. The summed E-state index contributed by atoms with van der Waals surface area (Å²) in [5.74, 6) is 0.628. The van der Waals surface area contributed by atoms with Gasteiger partial charge < -0.3 is 24.6 Å². The van der Waals surface area contributed by atoms with Crippen molar-refractivity contribution in [3.05, 3.63) is 112 Å². The van der Waals surface area contributed by atoms with Crippen LogP contribution in [0.4, 0.5) is 5.69 Å². The lowest BCUT2D eigenvalue weighted by Gasteiger charge is -2.30. The van der Waals surface area contributed by atoms with Crippen LogP contribution >= 0.6 is 0 Å². The van der Waals surface area contributed by atoms with E-state index in [4.69, 9.17) is 24.3 Å². The van der Waals surface area contributed by atoms with Crippen molar-refractivity contribution in [2.45, 2.75) is 50.9 Å². The molecule has 230 valence electrons. The molecule has 0 bridgehead atoms. The van der Waals surface area contributed by atoms with Crippen molar-refractivity contribution in [1.82, 2.24) is 5.32 Å². The van der Waals surface area contributed by atoms with E-state index in [2.05, 4.69) is 15.3 Å². The number of aliphatic hydroxyl groups excluding tert-OH is 1. The number of hydrogen-bond acceptors (Lipinski definition) is 7. The van der Waals surface area contributed by atoms with Gasteiger partial charge in [0.25, 0.3) is 5.91 Å². The van der Waals surface area contributed by atoms with Gasteiger partial charge in [0.2, 0.25) is 5.90 Å². The zero-order valence-electron chi connectivity index (χ0n) is 25.1. The molecule has 0 saturated heterocycles. The van der Waals surface area contributed by atoms with Crippen molar-refractivity contribution in [1.29, 1.82) is 0 Å². The molecule has 10 nitrogen and oxygen atoms in total.